The van der Waals surface area contributed by atoms with Crippen molar-refractivity contribution in [3.8, 4) is 0 Å². The molecule has 0 unspecified atom stereocenters. The second kappa shape index (κ2) is 5.85. The van der Waals surface area contributed by atoms with Crippen LogP contribution in [0.1, 0.15) is 43.2 Å². The van der Waals surface area contributed by atoms with Gasteiger partial charge in [0.25, 0.3) is 0 Å². The van der Waals surface area contributed by atoms with E-state index in [0.29, 0.717) is 11.8 Å². The zero-order valence-electron chi connectivity index (χ0n) is 15.6. The Morgan fingerprint density at radius 1 is 0.815 bits per heavy atom. The lowest BCUT2D eigenvalue weighted by Crippen LogP contribution is -2.65. The summed E-state index contributed by atoms with van der Waals surface area (Å²) in [6.45, 7) is 0.872. The number of rotatable bonds is 3. The molecule has 4 fully saturated rings. The molecule has 4 aliphatic carbocycles. The van der Waals surface area contributed by atoms with E-state index in [0.717, 1.165) is 24.2 Å². The fraction of sp³-hybridized carbons (Fsp3) is 0.458. The molecule has 0 atom stereocenters. The van der Waals surface area contributed by atoms with Crippen molar-refractivity contribution in [1.29, 1.82) is 0 Å². The van der Waals surface area contributed by atoms with E-state index in [1.165, 1.54) is 43.2 Å². The standard InChI is InChI=1S/C24H26N2O/c1-3-7-17(8-4-1)16-26-23(20-9-5-2-6-10-20)25-27-24(26)21-12-18-11-19(14-21)15-22(24)13-18/h1-10,18-19,21-22H,11-16H2. The minimum absolute atomic E-state index is 0.228. The molecule has 0 N–H and O–H groups in total. The predicted molar refractivity (Wildman–Crippen MR) is 106 cm³/mol. The first-order chi connectivity index (χ1) is 13.3. The molecule has 1 aliphatic heterocycles. The number of nitrogens with zero attached hydrogens (tertiary/aromatic N) is 2. The Labute approximate surface area is 161 Å². The molecular formula is C24H26N2O. The van der Waals surface area contributed by atoms with Crippen LogP contribution in [0.3, 0.4) is 0 Å². The molecule has 7 rings (SSSR count). The van der Waals surface area contributed by atoms with Gasteiger partial charge in [-0.15, -0.1) is 0 Å². The maximum Gasteiger partial charge on any atom is 0.217 e. The van der Waals surface area contributed by atoms with Crippen molar-refractivity contribution in [2.24, 2.45) is 28.8 Å². The van der Waals surface area contributed by atoms with Crippen molar-refractivity contribution in [2.45, 2.75) is 44.4 Å². The van der Waals surface area contributed by atoms with E-state index in [1.807, 2.05) is 0 Å². The molecule has 1 spiro atoms. The summed E-state index contributed by atoms with van der Waals surface area (Å²) in [4.78, 5) is 9.02. The number of amidine groups is 1. The van der Waals surface area contributed by atoms with Gasteiger partial charge in [0.2, 0.25) is 5.72 Å². The summed E-state index contributed by atoms with van der Waals surface area (Å²) in [5.41, 5.74) is 2.27. The third kappa shape index (κ3) is 2.30. The lowest BCUT2D eigenvalue weighted by molar-refractivity contribution is -0.246. The monoisotopic (exact) mass is 358 g/mol. The molecule has 3 heteroatoms. The van der Waals surface area contributed by atoms with Gasteiger partial charge in [0.05, 0.1) is 0 Å². The first-order valence-corrected chi connectivity index (χ1v) is 10.5. The van der Waals surface area contributed by atoms with Crippen LogP contribution in [0.2, 0.25) is 0 Å². The van der Waals surface area contributed by atoms with Gasteiger partial charge < -0.3 is 9.74 Å². The zero-order chi connectivity index (χ0) is 17.8. The Morgan fingerprint density at radius 3 is 2.04 bits per heavy atom. The second-order valence-corrected chi connectivity index (χ2v) is 9.00. The molecular weight excluding hydrogens is 332 g/mol. The molecule has 4 saturated carbocycles. The SMILES string of the molecule is c1ccc(CN2C(c3ccccc3)=NOC23C2CC4CC(C2)CC3C4)cc1. The first-order valence-electron chi connectivity index (χ1n) is 10.5. The lowest BCUT2D eigenvalue weighted by Gasteiger charge is -2.60. The highest BCUT2D eigenvalue weighted by Gasteiger charge is 2.64. The largest absolute Gasteiger partial charge is 0.364 e. The zero-order valence-corrected chi connectivity index (χ0v) is 15.6. The van der Waals surface area contributed by atoms with Gasteiger partial charge >= 0.3 is 0 Å². The van der Waals surface area contributed by atoms with Crippen LogP contribution < -0.4 is 0 Å². The van der Waals surface area contributed by atoms with Crippen LogP contribution in [0.5, 0.6) is 0 Å². The lowest BCUT2D eigenvalue weighted by atomic mass is 9.52. The highest BCUT2D eigenvalue weighted by Crippen LogP contribution is 2.62. The molecule has 27 heavy (non-hydrogen) atoms. The van der Waals surface area contributed by atoms with Crippen LogP contribution in [-0.4, -0.2) is 16.5 Å². The average Bonchev–Trinajstić information content (AvgIpc) is 3.07. The summed E-state index contributed by atoms with van der Waals surface area (Å²) < 4.78 is 0. The Morgan fingerprint density at radius 2 is 1.41 bits per heavy atom. The molecule has 0 aromatic heterocycles. The van der Waals surface area contributed by atoms with Gasteiger partial charge in [-0.3, -0.25) is 0 Å². The minimum Gasteiger partial charge on any atom is -0.364 e. The van der Waals surface area contributed by atoms with E-state index in [1.54, 1.807) is 0 Å². The Bertz CT molecular complexity index is 832. The van der Waals surface area contributed by atoms with E-state index in [4.69, 9.17) is 9.99 Å². The third-order valence-corrected chi connectivity index (χ3v) is 7.48. The summed E-state index contributed by atoms with van der Waals surface area (Å²) in [6, 6.07) is 21.4. The smallest absolute Gasteiger partial charge is 0.217 e. The van der Waals surface area contributed by atoms with Crippen molar-refractivity contribution in [1.82, 2.24) is 4.90 Å². The van der Waals surface area contributed by atoms with Gasteiger partial charge in [0.15, 0.2) is 5.84 Å². The minimum atomic E-state index is -0.228. The van der Waals surface area contributed by atoms with Gasteiger partial charge in [-0.2, -0.15) is 0 Å². The summed E-state index contributed by atoms with van der Waals surface area (Å²) in [7, 11) is 0. The van der Waals surface area contributed by atoms with E-state index >= 15 is 0 Å². The van der Waals surface area contributed by atoms with Crippen LogP contribution >= 0.6 is 0 Å². The molecule has 2 aromatic carbocycles. The van der Waals surface area contributed by atoms with Crippen LogP contribution in [0.4, 0.5) is 0 Å². The topological polar surface area (TPSA) is 24.8 Å². The molecule has 138 valence electrons. The average molecular weight is 358 g/mol. The number of benzene rings is 2. The van der Waals surface area contributed by atoms with Crippen LogP contribution in [0.25, 0.3) is 0 Å². The molecule has 0 radical (unpaired) electrons. The second-order valence-electron chi connectivity index (χ2n) is 9.00. The Kier molecular flexibility index (Phi) is 3.41. The van der Waals surface area contributed by atoms with E-state index in [-0.39, 0.29) is 5.72 Å². The summed E-state index contributed by atoms with van der Waals surface area (Å²) in [5, 5.41) is 4.73. The van der Waals surface area contributed by atoms with Crippen molar-refractivity contribution in [3.63, 3.8) is 0 Å². The maximum atomic E-state index is 6.48. The van der Waals surface area contributed by atoms with E-state index < -0.39 is 0 Å². The number of oxime groups is 1. The van der Waals surface area contributed by atoms with Gasteiger partial charge in [0, 0.05) is 23.9 Å². The Balaban J connectivity index is 1.43. The van der Waals surface area contributed by atoms with Crippen LogP contribution in [0.15, 0.2) is 65.8 Å². The number of hydrogen-bond donors (Lipinski definition) is 0. The fourth-order valence-electron chi connectivity index (χ4n) is 6.59. The quantitative estimate of drug-likeness (QED) is 0.768. The van der Waals surface area contributed by atoms with E-state index in [9.17, 15) is 0 Å². The molecule has 4 bridgehead atoms. The van der Waals surface area contributed by atoms with Crippen LogP contribution in [-0.2, 0) is 11.4 Å². The summed E-state index contributed by atoms with van der Waals surface area (Å²) in [6.07, 6.45) is 6.71. The van der Waals surface area contributed by atoms with Crippen LogP contribution in [0, 0.1) is 23.7 Å². The van der Waals surface area contributed by atoms with Crippen molar-refractivity contribution < 1.29 is 4.84 Å². The molecule has 1 heterocycles. The molecule has 3 nitrogen and oxygen atoms in total. The molecule has 0 saturated heterocycles. The van der Waals surface area contributed by atoms with Gasteiger partial charge in [-0.05, 0) is 49.5 Å². The van der Waals surface area contributed by atoms with Crippen molar-refractivity contribution >= 4 is 5.84 Å². The van der Waals surface area contributed by atoms with Gasteiger partial charge in [-0.25, -0.2) is 0 Å². The summed E-state index contributed by atoms with van der Waals surface area (Å²) >= 11 is 0. The van der Waals surface area contributed by atoms with Crippen molar-refractivity contribution in [3.05, 3.63) is 71.8 Å². The van der Waals surface area contributed by atoms with Crippen molar-refractivity contribution in [2.75, 3.05) is 0 Å². The number of hydrogen-bond acceptors (Lipinski definition) is 3. The normalized spacial score (nSPS) is 36.1. The predicted octanol–water partition coefficient (Wildman–Crippen LogP) is 5.03. The third-order valence-electron chi connectivity index (χ3n) is 7.48. The Hall–Kier alpha value is -2.29. The molecule has 0 amide bonds. The first kappa shape index (κ1) is 15.7. The molecule has 2 aromatic rings. The van der Waals surface area contributed by atoms with Gasteiger partial charge in [-0.1, -0.05) is 65.8 Å². The molecule has 5 aliphatic rings. The fourth-order valence-corrected chi connectivity index (χ4v) is 6.59. The summed E-state index contributed by atoms with van der Waals surface area (Å²) in [5.74, 6) is 4.08. The van der Waals surface area contributed by atoms with Gasteiger partial charge in [0.1, 0.15) is 0 Å². The van der Waals surface area contributed by atoms with E-state index in [2.05, 4.69) is 65.6 Å². The highest BCUT2D eigenvalue weighted by atomic mass is 16.7. The maximum absolute atomic E-state index is 6.48. The highest BCUT2D eigenvalue weighted by molar-refractivity contribution is 5.99.